The second-order valence-electron chi connectivity index (χ2n) is 4.80. The van der Waals surface area contributed by atoms with Crippen LogP contribution in [0.5, 0.6) is 0 Å². The van der Waals surface area contributed by atoms with Crippen molar-refractivity contribution in [2.24, 2.45) is 7.05 Å². The smallest absolute Gasteiger partial charge is 0.355 e. The Bertz CT molecular complexity index is 691. The van der Waals surface area contributed by atoms with Gasteiger partial charge < -0.3 is 19.7 Å². The van der Waals surface area contributed by atoms with Crippen molar-refractivity contribution < 1.29 is 19.4 Å². The number of nitrogens with zero attached hydrogens (tertiary/aromatic N) is 1. The maximum Gasteiger partial charge on any atom is 0.355 e. The summed E-state index contributed by atoms with van der Waals surface area (Å²) >= 11 is 0. The van der Waals surface area contributed by atoms with Crippen LogP contribution in [0.1, 0.15) is 33.3 Å². The molecule has 1 aromatic heterocycles. The average Bonchev–Trinajstić information content (AvgIpc) is 2.87. The van der Waals surface area contributed by atoms with Gasteiger partial charge in [-0.1, -0.05) is 12.1 Å². The SMILES string of the molecule is CCOC(=O)c1cc(NCc2cccc(C(=O)O)c2)cn1C. The molecule has 0 aliphatic rings. The van der Waals surface area contributed by atoms with Crippen LogP contribution in [0.15, 0.2) is 36.5 Å². The zero-order chi connectivity index (χ0) is 16.1. The van der Waals surface area contributed by atoms with E-state index in [0.29, 0.717) is 18.8 Å². The molecule has 6 heteroatoms. The van der Waals surface area contributed by atoms with Crippen molar-refractivity contribution in [1.29, 1.82) is 0 Å². The van der Waals surface area contributed by atoms with Gasteiger partial charge >= 0.3 is 11.9 Å². The van der Waals surface area contributed by atoms with E-state index in [2.05, 4.69) is 5.32 Å². The number of esters is 1. The summed E-state index contributed by atoms with van der Waals surface area (Å²) in [5, 5.41) is 12.1. The highest BCUT2D eigenvalue weighted by Gasteiger charge is 2.12. The number of carboxylic acid groups (broad SMARTS) is 1. The molecule has 6 nitrogen and oxygen atoms in total. The Balaban J connectivity index is 2.06. The van der Waals surface area contributed by atoms with E-state index in [-0.39, 0.29) is 11.5 Å². The fraction of sp³-hybridized carbons (Fsp3) is 0.250. The third-order valence-electron chi connectivity index (χ3n) is 3.16. The summed E-state index contributed by atoms with van der Waals surface area (Å²) in [5.74, 6) is -1.32. The van der Waals surface area contributed by atoms with E-state index in [0.717, 1.165) is 11.3 Å². The predicted octanol–water partition coefficient (Wildman–Crippen LogP) is 2.51. The van der Waals surface area contributed by atoms with Gasteiger partial charge in [0.05, 0.1) is 17.9 Å². The second kappa shape index (κ2) is 6.80. The molecule has 2 aromatic rings. The van der Waals surface area contributed by atoms with Crippen molar-refractivity contribution in [2.45, 2.75) is 13.5 Å². The first-order valence-electron chi connectivity index (χ1n) is 6.91. The Kier molecular flexibility index (Phi) is 4.83. The Morgan fingerprint density at radius 2 is 2.09 bits per heavy atom. The van der Waals surface area contributed by atoms with Gasteiger partial charge in [-0.25, -0.2) is 9.59 Å². The minimum absolute atomic E-state index is 0.250. The number of carbonyl (C=O) groups excluding carboxylic acids is 1. The number of rotatable bonds is 6. The van der Waals surface area contributed by atoms with E-state index < -0.39 is 5.97 Å². The van der Waals surface area contributed by atoms with Gasteiger partial charge in [0.15, 0.2) is 0 Å². The fourth-order valence-corrected chi connectivity index (χ4v) is 2.09. The van der Waals surface area contributed by atoms with Crippen LogP contribution in [0.4, 0.5) is 5.69 Å². The van der Waals surface area contributed by atoms with E-state index in [1.807, 2.05) is 6.07 Å². The lowest BCUT2D eigenvalue weighted by molar-refractivity contribution is 0.0515. The zero-order valence-electron chi connectivity index (χ0n) is 12.5. The van der Waals surface area contributed by atoms with E-state index in [1.165, 1.54) is 0 Å². The van der Waals surface area contributed by atoms with E-state index in [9.17, 15) is 9.59 Å². The van der Waals surface area contributed by atoms with Crippen LogP contribution in [-0.4, -0.2) is 28.2 Å². The number of aryl methyl sites for hydroxylation is 1. The van der Waals surface area contributed by atoms with Crippen LogP contribution in [0, 0.1) is 0 Å². The number of aromatic nitrogens is 1. The monoisotopic (exact) mass is 302 g/mol. The quantitative estimate of drug-likeness (QED) is 0.801. The van der Waals surface area contributed by atoms with Crippen LogP contribution in [-0.2, 0) is 18.3 Å². The number of carbonyl (C=O) groups is 2. The molecular weight excluding hydrogens is 284 g/mol. The molecule has 0 fully saturated rings. The Morgan fingerprint density at radius 1 is 1.32 bits per heavy atom. The van der Waals surface area contributed by atoms with Crippen molar-refractivity contribution in [1.82, 2.24) is 4.57 Å². The van der Waals surface area contributed by atoms with Crippen LogP contribution in [0.3, 0.4) is 0 Å². The summed E-state index contributed by atoms with van der Waals surface area (Å²) in [5.41, 5.74) is 2.33. The molecule has 1 heterocycles. The highest BCUT2D eigenvalue weighted by molar-refractivity contribution is 5.89. The van der Waals surface area contributed by atoms with Crippen LogP contribution < -0.4 is 5.32 Å². The Morgan fingerprint density at radius 3 is 2.77 bits per heavy atom. The summed E-state index contributed by atoms with van der Waals surface area (Å²) in [4.78, 5) is 22.7. The summed E-state index contributed by atoms with van der Waals surface area (Å²) in [6.45, 7) is 2.55. The number of benzene rings is 1. The van der Waals surface area contributed by atoms with Gasteiger partial charge in [0.2, 0.25) is 0 Å². The number of nitrogens with one attached hydrogen (secondary N) is 1. The van der Waals surface area contributed by atoms with Crippen LogP contribution >= 0.6 is 0 Å². The molecule has 0 aliphatic heterocycles. The van der Waals surface area contributed by atoms with Crippen LogP contribution in [0.2, 0.25) is 0 Å². The molecule has 0 saturated heterocycles. The van der Waals surface area contributed by atoms with Crippen molar-refractivity contribution in [3.63, 3.8) is 0 Å². The maximum absolute atomic E-state index is 11.7. The molecule has 2 rings (SSSR count). The van der Waals surface area contributed by atoms with Gasteiger partial charge in [-0.15, -0.1) is 0 Å². The normalized spacial score (nSPS) is 10.3. The second-order valence-corrected chi connectivity index (χ2v) is 4.80. The highest BCUT2D eigenvalue weighted by atomic mass is 16.5. The number of carboxylic acids is 1. The summed E-state index contributed by atoms with van der Waals surface area (Å²) in [6.07, 6.45) is 1.79. The topological polar surface area (TPSA) is 80.6 Å². The predicted molar refractivity (Wildman–Crippen MR) is 82.1 cm³/mol. The van der Waals surface area contributed by atoms with Gasteiger partial charge in [0.1, 0.15) is 5.69 Å². The molecule has 2 N–H and O–H groups in total. The minimum Gasteiger partial charge on any atom is -0.478 e. The number of anilines is 1. The molecule has 0 amide bonds. The molecule has 0 unspecified atom stereocenters. The zero-order valence-corrected chi connectivity index (χ0v) is 12.5. The summed E-state index contributed by atoms with van der Waals surface area (Å²) in [7, 11) is 1.77. The van der Waals surface area contributed by atoms with Crippen molar-refractivity contribution in [2.75, 3.05) is 11.9 Å². The molecule has 22 heavy (non-hydrogen) atoms. The van der Waals surface area contributed by atoms with Crippen molar-refractivity contribution in [3.8, 4) is 0 Å². The third-order valence-corrected chi connectivity index (χ3v) is 3.16. The number of aromatic carboxylic acids is 1. The van der Waals surface area contributed by atoms with E-state index >= 15 is 0 Å². The van der Waals surface area contributed by atoms with Gasteiger partial charge in [-0.3, -0.25) is 0 Å². The first kappa shape index (κ1) is 15.6. The maximum atomic E-state index is 11.7. The lowest BCUT2D eigenvalue weighted by atomic mass is 10.1. The first-order chi connectivity index (χ1) is 10.5. The largest absolute Gasteiger partial charge is 0.478 e. The third kappa shape index (κ3) is 3.66. The molecule has 0 bridgehead atoms. The van der Waals surface area contributed by atoms with Gasteiger partial charge in [0.25, 0.3) is 0 Å². The van der Waals surface area contributed by atoms with Gasteiger partial charge in [-0.2, -0.15) is 0 Å². The van der Waals surface area contributed by atoms with Crippen molar-refractivity contribution >= 4 is 17.6 Å². The number of hydrogen-bond donors (Lipinski definition) is 2. The molecule has 0 saturated carbocycles. The van der Waals surface area contributed by atoms with E-state index in [4.69, 9.17) is 9.84 Å². The molecular formula is C16H18N2O4. The first-order valence-corrected chi connectivity index (χ1v) is 6.91. The molecule has 0 spiro atoms. The lowest BCUT2D eigenvalue weighted by Crippen LogP contribution is -2.08. The molecule has 1 aromatic carbocycles. The molecule has 0 atom stereocenters. The van der Waals surface area contributed by atoms with Crippen LogP contribution in [0.25, 0.3) is 0 Å². The number of ether oxygens (including phenoxy) is 1. The summed E-state index contributed by atoms with van der Waals surface area (Å²) < 4.78 is 6.66. The Labute approximate surface area is 128 Å². The van der Waals surface area contributed by atoms with Gasteiger partial charge in [-0.05, 0) is 30.7 Å². The molecule has 0 radical (unpaired) electrons. The van der Waals surface area contributed by atoms with E-state index in [1.54, 1.807) is 49.0 Å². The fourth-order valence-electron chi connectivity index (χ4n) is 2.09. The average molecular weight is 302 g/mol. The van der Waals surface area contributed by atoms with Crippen molar-refractivity contribution in [3.05, 3.63) is 53.3 Å². The molecule has 116 valence electrons. The Hall–Kier alpha value is -2.76. The highest BCUT2D eigenvalue weighted by Crippen LogP contribution is 2.15. The lowest BCUT2D eigenvalue weighted by Gasteiger charge is -2.05. The molecule has 0 aliphatic carbocycles. The number of hydrogen-bond acceptors (Lipinski definition) is 4. The standard InChI is InChI=1S/C16H18N2O4/c1-3-22-16(21)14-8-13(10-18(14)2)17-9-11-5-4-6-12(7-11)15(19)20/h4-8,10,17H,3,9H2,1-2H3,(H,19,20). The summed E-state index contributed by atoms with van der Waals surface area (Å²) in [6, 6.07) is 8.42. The van der Waals surface area contributed by atoms with Gasteiger partial charge in [0, 0.05) is 19.8 Å². The minimum atomic E-state index is -0.953.